The molecule has 0 aliphatic carbocycles. The first-order chi connectivity index (χ1) is 13.5. The van der Waals surface area contributed by atoms with Crippen molar-refractivity contribution in [2.24, 2.45) is 4.99 Å². The molecule has 0 bridgehead atoms. The van der Waals surface area contributed by atoms with Crippen LogP contribution in [0.3, 0.4) is 0 Å². The van der Waals surface area contributed by atoms with Crippen molar-refractivity contribution in [1.29, 1.82) is 0 Å². The molecule has 0 spiro atoms. The fraction of sp³-hybridized carbons (Fsp3) is 0.136. The van der Waals surface area contributed by atoms with E-state index in [1.165, 1.54) is 0 Å². The second-order valence-corrected chi connectivity index (χ2v) is 8.93. The molecule has 1 aliphatic rings. The molecule has 3 aromatic carbocycles. The van der Waals surface area contributed by atoms with Crippen molar-refractivity contribution in [2.45, 2.75) is 18.6 Å². The number of benzene rings is 3. The average molecular weight is 521 g/mol. The summed E-state index contributed by atoms with van der Waals surface area (Å²) in [5.74, 6) is 0.229. The molecule has 2 unspecified atom stereocenters. The number of rotatable bonds is 3. The van der Waals surface area contributed by atoms with Gasteiger partial charge in [0.25, 0.3) is 0 Å². The number of phenols is 1. The number of halogens is 3. The highest BCUT2D eigenvalue weighted by atomic mass is 79.9. The van der Waals surface area contributed by atoms with Crippen molar-refractivity contribution in [3.8, 4) is 5.75 Å². The van der Waals surface area contributed by atoms with Crippen LogP contribution in [0.1, 0.15) is 35.3 Å². The van der Waals surface area contributed by atoms with E-state index in [9.17, 15) is 5.11 Å². The van der Waals surface area contributed by atoms with Gasteiger partial charge in [-0.25, -0.2) is 0 Å². The highest BCUT2D eigenvalue weighted by molar-refractivity contribution is 9.10. The average Bonchev–Trinajstić information content (AvgIpc) is 2.70. The fourth-order valence-corrected chi connectivity index (χ4v) is 4.21. The summed E-state index contributed by atoms with van der Waals surface area (Å²) in [6.07, 6.45) is 0.427. The zero-order chi connectivity index (χ0) is 19.7. The predicted molar refractivity (Wildman–Crippen MR) is 121 cm³/mol. The van der Waals surface area contributed by atoms with Crippen molar-refractivity contribution in [3.05, 3.63) is 97.4 Å². The van der Waals surface area contributed by atoms with Crippen LogP contribution in [0.2, 0.25) is 5.02 Å². The smallest absolute Gasteiger partial charge is 0.126 e. The summed E-state index contributed by atoms with van der Waals surface area (Å²) in [6, 6.07) is 21.3. The second kappa shape index (κ2) is 8.37. The Bertz CT molecular complexity index is 1040. The summed E-state index contributed by atoms with van der Waals surface area (Å²) in [5, 5.41) is 14.6. The predicted octanol–water partition coefficient (Wildman–Crippen LogP) is 6.79. The van der Waals surface area contributed by atoms with Crippen LogP contribution in [0.5, 0.6) is 5.75 Å². The summed E-state index contributed by atoms with van der Waals surface area (Å²) in [5.41, 5.74) is 3.88. The van der Waals surface area contributed by atoms with E-state index in [-0.39, 0.29) is 18.0 Å². The highest BCUT2D eigenvalue weighted by Crippen LogP contribution is 2.36. The Labute approximate surface area is 185 Å². The van der Waals surface area contributed by atoms with Gasteiger partial charge >= 0.3 is 0 Å². The van der Waals surface area contributed by atoms with Crippen LogP contribution >= 0.6 is 43.5 Å². The van der Waals surface area contributed by atoms with Gasteiger partial charge in [-0.15, -0.1) is 0 Å². The number of phenolic OH excluding ortho intramolecular Hbond substituents is 1. The lowest BCUT2D eigenvalue weighted by Gasteiger charge is -2.31. The van der Waals surface area contributed by atoms with Crippen molar-refractivity contribution in [1.82, 2.24) is 5.32 Å². The van der Waals surface area contributed by atoms with E-state index < -0.39 is 0 Å². The Morgan fingerprint density at radius 2 is 1.75 bits per heavy atom. The lowest BCUT2D eigenvalue weighted by Crippen LogP contribution is -2.33. The molecule has 0 saturated heterocycles. The van der Waals surface area contributed by atoms with Gasteiger partial charge in [-0.2, -0.15) is 0 Å². The Morgan fingerprint density at radius 3 is 2.50 bits per heavy atom. The molecular weight excluding hydrogens is 504 g/mol. The van der Waals surface area contributed by atoms with Crippen molar-refractivity contribution >= 4 is 49.2 Å². The van der Waals surface area contributed by atoms with Gasteiger partial charge in [0.2, 0.25) is 0 Å². The van der Waals surface area contributed by atoms with Gasteiger partial charge in [0.1, 0.15) is 11.9 Å². The summed E-state index contributed by atoms with van der Waals surface area (Å²) in [7, 11) is 0. The van der Waals surface area contributed by atoms with Gasteiger partial charge in [-0.3, -0.25) is 10.3 Å². The molecule has 4 rings (SSSR count). The van der Waals surface area contributed by atoms with E-state index in [0.717, 1.165) is 31.3 Å². The van der Waals surface area contributed by atoms with Crippen LogP contribution in [-0.4, -0.2) is 10.8 Å². The van der Waals surface area contributed by atoms with Gasteiger partial charge in [-0.05, 0) is 53.6 Å². The topological polar surface area (TPSA) is 44.6 Å². The molecule has 28 heavy (non-hydrogen) atoms. The minimum Gasteiger partial charge on any atom is -0.508 e. The van der Waals surface area contributed by atoms with E-state index in [2.05, 4.69) is 49.3 Å². The second-order valence-electron chi connectivity index (χ2n) is 6.67. The first-order valence-corrected chi connectivity index (χ1v) is 10.8. The summed E-state index contributed by atoms with van der Waals surface area (Å²) < 4.78 is 2.03. The molecular formula is C22H17Br2ClN2O. The number of nitrogens with zero attached hydrogens (tertiary/aromatic N) is 1. The van der Waals surface area contributed by atoms with Crippen LogP contribution in [-0.2, 0) is 0 Å². The van der Waals surface area contributed by atoms with Gasteiger partial charge in [0.15, 0.2) is 0 Å². The monoisotopic (exact) mass is 518 g/mol. The van der Waals surface area contributed by atoms with Gasteiger partial charge in [0.05, 0.1) is 0 Å². The Kier molecular flexibility index (Phi) is 5.88. The summed E-state index contributed by atoms with van der Waals surface area (Å²) in [6.45, 7) is 0. The molecule has 2 atom stereocenters. The lowest BCUT2D eigenvalue weighted by molar-refractivity contribution is 0.412. The third-order valence-electron chi connectivity index (χ3n) is 4.75. The third-order valence-corrected chi connectivity index (χ3v) is 6.01. The Morgan fingerprint density at radius 1 is 0.964 bits per heavy atom. The quantitative estimate of drug-likeness (QED) is 0.399. The van der Waals surface area contributed by atoms with E-state index in [0.29, 0.717) is 11.4 Å². The lowest BCUT2D eigenvalue weighted by atomic mass is 9.93. The largest absolute Gasteiger partial charge is 0.508 e. The van der Waals surface area contributed by atoms with Crippen LogP contribution in [0.15, 0.2) is 80.7 Å². The van der Waals surface area contributed by atoms with Crippen molar-refractivity contribution < 1.29 is 5.11 Å². The minimum absolute atomic E-state index is 0.112. The molecule has 0 aromatic heterocycles. The molecule has 1 heterocycles. The number of hydrogen-bond acceptors (Lipinski definition) is 3. The molecule has 1 aliphatic heterocycles. The first kappa shape index (κ1) is 19.6. The molecule has 0 radical (unpaired) electrons. The van der Waals surface area contributed by atoms with Crippen LogP contribution in [0, 0.1) is 0 Å². The highest BCUT2D eigenvalue weighted by Gasteiger charge is 2.28. The molecule has 0 saturated carbocycles. The first-order valence-electron chi connectivity index (χ1n) is 8.82. The van der Waals surface area contributed by atoms with Gasteiger partial charge in [-0.1, -0.05) is 67.7 Å². The van der Waals surface area contributed by atoms with E-state index >= 15 is 0 Å². The number of aromatic hydroxyl groups is 1. The maximum absolute atomic E-state index is 10.4. The molecule has 6 heteroatoms. The molecule has 0 fully saturated rings. The third kappa shape index (κ3) is 4.33. The van der Waals surface area contributed by atoms with Gasteiger partial charge < -0.3 is 5.11 Å². The van der Waals surface area contributed by atoms with Crippen LogP contribution in [0.4, 0.5) is 0 Å². The summed E-state index contributed by atoms with van der Waals surface area (Å²) in [4.78, 5) is 4.98. The van der Waals surface area contributed by atoms with Crippen molar-refractivity contribution in [3.63, 3.8) is 0 Å². The standard InChI is InChI=1S/C22H17Br2ClN2O/c23-15-6-4-13(5-7-15)22-26-19(14-2-1-3-16(24)10-14)12-20(27-22)18-11-17(25)8-9-21(18)28/h1-11,20,22,27-28H,12H2. The number of hydrogen-bond donors (Lipinski definition) is 2. The molecule has 3 aromatic rings. The zero-order valence-corrected chi connectivity index (χ0v) is 18.7. The molecule has 142 valence electrons. The SMILES string of the molecule is Oc1ccc(Cl)cc1C1CC(c2cccc(Br)c2)=NC(c2ccc(Br)cc2)N1. The summed E-state index contributed by atoms with van der Waals surface area (Å²) >= 11 is 13.2. The maximum atomic E-state index is 10.4. The normalized spacial score (nSPS) is 19.3. The van der Waals surface area contributed by atoms with E-state index in [1.54, 1.807) is 12.1 Å². The van der Waals surface area contributed by atoms with E-state index in [1.807, 2.05) is 42.5 Å². The minimum atomic E-state index is -0.223. The molecule has 3 nitrogen and oxygen atoms in total. The fourth-order valence-electron chi connectivity index (χ4n) is 3.37. The maximum Gasteiger partial charge on any atom is 0.126 e. The Hall–Kier alpha value is -1.66. The van der Waals surface area contributed by atoms with E-state index in [4.69, 9.17) is 16.6 Å². The van der Waals surface area contributed by atoms with Crippen LogP contribution < -0.4 is 5.32 Å². The van der Waals surface area contributed by atoms with Crippen molar-refractivity contribution in [2.75, 3.05) is 0 Å². The number of aliphatic imine (C=N–C) groups is 1. The number of nitrogens with one attached hydrogen (secondary N) is 1. The van der Waals surface area contributed by atoms with Gasteiger partial charge in [0, 0.05) is 37.7 Å². The molecule has 0 amide bonds. The molecule has 2 N–H and O–H groups in total. The Balaban J connectivity index is 1.77. The zero-order valence-electron chi connectivity index (χ0n) is 14.7. The van der Waals surface area contributed by atoms with Crippen LogP contribution in [0.25, 0.3) is 0 Å².